The largest absolute Gasteiger partial charge is 0.463 e. The summed E-state index contributed by atoms with van der Waals surface area (Å²) in [6.45, 7) is 5.02. The number of hydrogen-bond donors (Lipinski definition) is 2. The molecule has 88 valence electrons. The minimum atomic E-state index is -3.95. The zero-order chi connectivity index (χ0) is 11.9. The van der Waals surface area contributed by atoms with Crippen molar-refractivity contribution in [2.45, 2.75) is 31.8 Å². The van der Waals surface area contributed by atoms with E-state index in [9.17, 15) is 9.36 Å². The molecule has 0 aliphatic heterocycles. The van der Waals surface area contributed by atoms with Crippen molar-refractivity contribution in [3.63, 3.8) is 0 Å². The third-order valence-electron chi connectivity index (χ3n) is 2.00. The van der Waals surface area contributed by atoms with Gasteiger partial charge in [-0.05, 0) is 19.3 Å². The second kappa shape index (κ2) is 6.77. The Hall–Kier alpha value is -0.640. The van der Waals surface area contributed by atoms with Gasteiger partial charge in [0.1, 0.15) is 0 Å². The van der Waals surface area contributed by atoms with Crippen LogP contribution in [0.1, 0.15) is 26.2 Å². The standard InChI is InChI=1S/C9H17O5P/c1-3-9(10)14-7-5-4-6-8(2)15(11,12)13/h3,8H,1,4-7H2,2H3,(H2,11,12,13). The Labute approximate surface area is 89.3 Å². The Morgan fingerprint density at radius 2 is 2.13 bits per heavy atom. The Morgan fingerprint density at radius 3 is 2.60 bits per heavy atom. The van der Waals surface area contributed by atoms with Gasteiger partial charge in [0.2, 0.25) is 0 Å². The van der Waals surface area contributed by atoms with Crippen LogP contribution >= 0.6 is 7.60 Å². The van der Waals surface area contributed by atoms with Gasteiger partial charge < -0.3 is 14.5 Å². The van der Waals surface area contributed by atoms with Gasteiger partial charge in [-0.2, -0.15) is 0 Å². The summed E-state index contributed by atoms with van der Waals surface area (Å²) in [5.74, 6) is -0.474. The first-order valence-electron chi connectivity index (χ1n) is 4.72. The quantitative estimate of drug-likeness (QED) is 0.302. The van der Waals surface area contributed by atoms with Gasteiger partial charge in [0, 0.05) is 6.08 Å². The summed E-state index contributed by atoms with van der Waals surface area (Å²) in [4.78, 5) is 28.2. The molecular weight excluding hydrogens is 219 g/mol. The molecule has 0 bridgehead atoms. The van der Waals surface area contributed by atoms with Crippen LogP contribution in [-0.2, 0) is 14.1 Å². The van der Waals surface area contributed by atoms with Crippen LogP contribution in [0.2, 0.25) is 0 Å². The molecule has 1 unspecified atom stereocenters. The first kappa shape index (κ1) is 14.4. The second-order valence-electron chi connectivity index (χ2n) is 3.31. The van der Waals surface area contributed by atoms with Crippen molar-refractivity contribution >= 4 is 13.6 Å². The molecule has 0 aliphatic rings. The van der Waals surface area contributed by atoms with Crippen LogP contribution in [0.3, 0.4) is 0 Å². The predicted octanol–water partition coefficient (Wildman–Crippen LogP) is 1.45. The molecule has 0 aromatic carbocycles. The van der Waals surface area contributed by atoms with E-state index in [1.807, 2.05) is 0 Å². The number of rotatable bonds is 7. The number of esters is 1. The lowest BCUT2D eigenvalue weighted by Crippen LogP contribution is -2.05. The van der Waals surface area contributed by atoms with Crippen LogP contribution in [-0.4, -0.2) is 28.0 Å². The average Bonchev–Trinajstić information content (AvgIpc) is 2.15. The molecule has 0 spiro atoms. The maximum Gasteiger partial charge on any atom is 0.330 e. The maximum atomic E-state index is 10.7. The molecule has 5 nitrogen and oxygen atoms in total. The van der Waals surface area contributed by atoms with E-state index in [2.05, 4.69) is 6.58 Å². The molecule has 0 heterocycles. The molecule has 0 amide bonds. The lowest BCUT2D eigenvalue weighted by molar-refractivity contribution is -0.137. The topological polar surface area (TPSA) is 83.8 Å². The van der Waals surface area contributed by atoms with Gasteiger partial charge >= 0.3 is 13.6 Å². The van der Waals surface area contributed by atoms with Gasteiger partial charge in [-0.3, -0.25) is 4.57 Å². The summed E-state index contributed by atoms with van der Waals surface area (Å²) >= 11 is 0. The van der Waals surface area contributed by atoms with E-state index in [1.54, 1.807) is 0 Å². The summed E-state index contributed by atoms with van der Waals surface area (Å²) in [6.07, 6.45) is 2.73. The van der Waals surface area contributed by atoms with Gasteiger partial charge in [-0.25, -0.2) is 4.79 Å². The van der Waals surface area contributed by atoms with Crippen molar-refractivity contribution in [3.8, 4) is 0 Å². The summed E-state index contributed by atoms with van der Waals surface area (Å²) in [7, 11) is -3.95. The normalized spacial score (nSPS) is 13.3. The van der Waals surface area contributed by atoms with Crippen LogP contribution in [0.5, 0.6) is 0 Å². The minimum Gasteiger partial charge on any atom is -0.463 e. The zero-order valence-electron chi connectivity index (χ0n) is 8.76. The zero-order valence-corrected chi connectivity index (χ0v) is 9.65. The van der Waals surface area contributed by atoms with Crippen molar-refractivity contribution in [1.29, 1.82) is 0 Å². The number of unbranched alkanes of at least 4 members (excludes halogenated alkanes) is 1. The first-order valence-corrected chi connectivity index (χ1v) is 6.40. The van der Waals surface area contributed by atoms with Gasteiger partial charge in [-0.15, -0.1) is 0 Å². The van der Waals surface area contributed by atoms with Gasteiger partial charge in [0.25, 0.3) is 0 Å². The van der Waals surface area contributed by atoms with Crippen LogP contribution in [0.25, 0.3) is 0 Å². The van der Waals surface area contributed by atoms with Crippen molar-refractivity contribution in [2.24, 2.45) is 0 Å². The molecule has 0 aromatic rings. The van der Waals surface area contributed by atoms with Crippen molar-refractivity contribution in [3.05, 3.63) is 12.7 Å². The van der Waals surface area contributed by atoms with Crippen LogP contribution in [0.4, 0.5) is 0 Å². The highest BCUT2D eigenvalue weighted by atomic mass is 31.2. The fraction of sp³-hybridized carbons (Fsp3) is 0.667. The Morgan fingerprint density at radius 1 is 1.53 bits per heavy atom. The van der Waals surface area contributed by atoms with Crippen LogP contribution in [0.15, 0.2) is 12.7 Å². The highest BCUT2D eigenvalue weighted by Gasteiger charge is 2.22. The van der Waals surface area contributed by atoms with Gasteiger partial charge in [0.15, 0.2) is 0 Å². The molecule has 0 fully saturated rings. The molecule has 0 aromatic heterocycles. The molecule has 0 saturated heterocycles. The molecule has 1 atom stereocenters. The molecule has 0 aliphatic carbocycles. The van der Waals surface area contributed by atoms with E-state index in [0.717, 1.165) is 6.08 Å². The molecular formula is C9H17O5P. The molecule has 2 N–H and O–H groups in total. The smallest absolute Gasteiger partial charge is 0.330 e. The molecule has 6 heteroatoms. The number of ether oxygens (including phenoxy) is 1. The van der Waals surface area contributed by atoms with Gasteiger partial charge in [-0.1, -0.05) is 13.5 Å². The summed E-state index contributed by atoms with van der Waals surface area (Å²) in [6, 6.07) is 0. The Bertz CT molecular complexity index is 257. The van der Waals surface area contributed by atoms with Crippen molar-refractivity contribution in [2.75, 3.05) is 6.61 Å². The maximum absolute atomic E-state index is 10.7. The van der Waals surface area contributed by atoms with Crippen LogP contribution < -0.4 is 0 Å². The predicted molar refractivity (Wildman–Crippen MR) is 56.5 cm³/mol. The van der Waals surface area contributed by atoms with E-state index < -0.39 is 19.2 Å². The van der Waals surface area contributed by atoms with Crippen LogP contribution in [0, 0.1) is 0 Å². The SMILES string of the molecule is C=CC(=O)OCCCCC(C)P(=O)(O)O. The lowest BCUT2D eigenvalue weighted by atomic mass is 10.2. The van der Waals surface area contributed by atoms with Crippen molar-refractivity contribution in [1.82, 2.24) is 0 Å². The first-order chi connectivity index (χ1) is 6.88. The Kier molecular flexibility index (Phi) is 6.48. The van der Waals surface area contributed by atoms with E-state index in [-0.39, 0.29) is 6.61 Å². The highest BCUT2D eigenvalue weighted by molar-refractivity contribution is 7.52. The molecule has 15 heavy (non-hydrogen) atoms. The summed E-state index contributed by atoms with van der Waals surface area (Å²) in [5.41, 5.74) is -0.632. The molecule has 0 saturated carbocycles. The van der Waals surface area contributed by atoms with Gasteiger partial charge in [0.05, 0.1) is 12.3 Å². The monoisotopic (exact) mass is 236 g/mol. The highest BCUT2D eigenvalue weighted by Crippen LogP contribution is 2.43. The lowest BCUT2D eigenvalue weighted by Gasteiger charge is -2.12. The number of hydrogen-bond acceptors (Lipinski definition) is 3. The average molecular weight is 236 g/mol. The fourth-order valence-electron chi connectivity index (χ4n) is 0.942. The molecule has 0 rings (SSSR count). The number of carbonyl (C=O) groups is 1. The second-order valence-corrected chi connectivity index (χ2v) is 5.37. The van der Waals surface area contributed by atoms with E-state index in [0.29, 0.717) is 19.3 Å². The third kappa shape index (κ3) is 7.31. The Balaban J connectivity index is 3.51. The van der Waals surface area contributed by atoms with E-state index in [4.69, 9.17) is 14.5 Å². The van der Waals surface area contributed by atoms with E-state index in [1.165, 1.54) is 6.92 Å². The fourth-order valence-corrected chi connectivity index (χ4v) is 1.46. The van der Waals surface area contributed by atoms with E-state index >= 15 is 0 Å². The summed E-state index contributed by atoms with van der Waals surface area (Å²) < 4.78 is 15.5. The molecule has 0 radical (unpaired) electrons. The van der Waals surface area contributed by atoms with Crippen molar-refractivity contribution < 1.29 is 23.9 Å². The number of carbonyl (C=O) groups excluding carboxylic acids is 1. The minimum absolute atomic E-state index is 0.263. The third-order valence-corrected chi connectivity index (χ3v) is 3.41. The summed E-state index contributed by atoms with van der Waals surface area (Å²) in [5, 5.41) is 0.